The van der Waals surface area contributed by atoms with Crippen molar-refractivity contribution in [2.45, 2.75) is 25.7 Å². The van der Waals surface area contributed by atoms with E-state index in [9.17, 15) is 19.2 Å². The number of nitrogens with one attached hydrogen (secondary N) is 1. The molecule has 2 atom stereocenters. The van der Waals surface area contributed by atoms with Crippen molar-refractivity contribution in [3.05, 3.63) is 27.8 Å². The maximum absolute atomic E-state index is 12.3. The predicted molar refractivity (Wildman–Crippen MR) is 101 cm³/mol. The van der Waals surface area contributed by atoms with Crippen LogP contribution in [0.1, 0.15) is 25.7 Å². The largest absolute Gasteiger partial charge is 0.454 e. The number of fused-ring (bicyclic) bond motifs is 1. The zero-order chi connectivity index (χ0) is 18.7. The Morgan fingerprint density at radius 1 is 1.08 bits per heavy atom. The lowest BCUT2D eigenvalue weighted by molar-refractivity contribution is -0.154. The third-order valence-electron chi connectivity index (χ3n) is 4.71. The Morgan fingerprint density at radius 3 is 2.23 bits per heavy atom. The fourth-order valence-electron chi connectivity index (χ4n) is 3.44. The summed E-state index contributed by atoms with van der Waals surface area (Å²) < 4.78 is 5.95. The van der Waals surface area contributed by atoms with Crippen molar-refractivity contribution >= 4 is 52.0 Å². The monoisotopic (exact) mass is 470 g/mol. The van der Waals surface area contributed by atoms with Crippen LogP contribution >= 0.6 is 22.6 Å². The van der Waals surface area contributed by atoms with Crippen LogP contribution in [0.15, 0.2) is 24.3 Å². The van der Waals surface area contributed by atoms with E-state index in [0.29, 0.717) is 18.5 Å². The Hall–Kier alpha value is -1.97. The molecule has 1 aliphatic carbocycles. The van der Waals surface area contributed by atoms with E-state index in [2.05, 4.69) is 27.9 Å². The second-order valence-corrected chi connectivity index (χ2v) is 7.72. The van der Waals surface area contributed by atoms with Gasteiger partial charge in [-0.3, -0.25) is 24.1 Å². The number of carbonyl (C=O) groups is 4. The molecule has 1 aliphatic heterocycles. The van der Waals surface area contributed by atoms with Gasteiger partial charge < -0.3 is 10.1 Å². The molecule has 1 heterocycles. The number of anilines is 1. The third-order valence-corrected chi connectivity index (χ3v) is 5.43. The van der Waals surface area contributed by atoms with Crippen molar-refractivity contribution in [3.63, 3.8) is 0 Å². The van der Waals surface area contributed by atoms with Crippen molar-refractivity contribution in [2.24, 2.45) is 11.8 Å². The average Bonchev–Trinajstić information content (AvgIpc) is 2.87. The van der Waals surface area contributed by atoms with Crippen LogP contribution in [0.25, 0.3) is 0 Å². The molecule has 0 spiro atoms. The molecule has 8 heteroatoms. The summed E-state index contributed by atoms with van der Waals surface area (Å²) in [5.41, 5.74) is 0.598. The van der Waals surface area contributed by atoms with Crippen molar-refractivity contribution in [3.8, 4) is 0 Å². The second-order valence-electron chi connectivity index (χ2n) is 6.48. The van der Waals surface area contributed by atoms with Crippen molar-refractivity contribution in [1.29, 1.82) is 0 Å². The van der Waals surface area contributed by atoms with E-state index in [-0.39, 0.29) is 23.7 Å². The van der Waals surface area contributed by atoms with E-state index in [1.165, 1.54) is 0 Å². The summed E-state index contributed by atoms with van der Waals surface area (Å²) in [5.74, 6) is -2.42. The van der Waals surface area contributed by atoms with Gasteiger partial charge in [0, 0.05) is 9.26 Å². The van der Waals surface area contributed by atoms with E-state index < -0.39 is 25.0 Å². The number of rotatable bonds is 5. The van der Waals surface area contributed by atoms with Gasteiger partial charge in [0.15, 0.2) is 6.61 Å². The molecule has 1 aromatic carbocycles. The molecule has 2 aliphatic rings. The van der Waals surface area contributed by atoms with Crippen LogP contribution in [0.5, 0.6) is 0 Å². The van der Waals surface area contributed by atoms with Crippen molar-refractivity contribution in [1.82, 2.24) is 4.90 Å². The Bertz CT molecular complexity index is 710. The first-order valence-corrected chi connectivity index (χ1v) is 9.60. The maximum atomic E-state index is 12.3. The number of benzene rings is 1. The predicted octanol–water partition coefficient (Wildman–Crippen LogP) is 1.95. The highest BCUT2D eigenvalue weighted by Crippen LogP contribution is 2.37. The van der Waals surface area contributed by atoms with Gasteiger partial charge in [-0.05, 0) is 59.7 Å². The van der Waals surface area contributed by atoms with Gasteiger partial charge in [0.25, 0.3) is 5.91 Å². The van der Waals surface area contributed by atoms with Crippen LogP contribution < -0.4 is 5.32 Å². The highest BCUT2D eigenvalue weighted by atomic mass is 127. The number of halogens is 1. The van der Waals surface area contributed by atoms with Crippen LogP contribution in [0.3, 0.4) is 0 Å². The summed E-state index contributed by atoms with van der Waals surface area (Å²) >= 11 is 2.15. The van der Waals surface area contributed by atoms with Crippen LogP contribution in [0.4, 0.5) is 5.69 Å². The molecular weight excluding hydrogens is 451 g/mol. The summed E-state index contributed by atoms with van der Waals surface area (Å²) in [7, 11) is 0. The van der Waals surface area contributed by atoms with E-state index >= 15 is 0 Å². The minimum absolute atomic E-state index is 0.292. The Labute approximate surface area is 164 Å². The number of likely N-dealkylation sites (tertiary alicyclic amines) is 1. The molecule has 3 rings (SSSR count). The summed E-state index contributed by atoms with van der Waals surface area (Å²) in [5, 5.41) is 2.61. The van der Waals surface area contributed by atoms with Crippen molar-refractivity contribution in [2.75, 3.05) is 18.5 Å². The van der Waals surface area contributed by atoms with Gasteiger partial charge in [0.2, 0.25) is 11.8 Å². The summed E-state index contributed by atoms with van der Waals surface area (Å²) in [6.45, 7) is -0.893. The van der Waals surface area contributed by atoms with E-state index in [0.717, 1.165) is 21.3 Å². The fraction of sp³-hybridized carbons (Fsp3) is 0.444. The molecule has 0 radical (unpaired) electrons. The lowest BCUT2D eigenvalue weighted by Crippen LogP contribution is -2.37. The number of carbonyl (C=O) groups excluding carboxylic acids is 4. The zero-order valence-electron chi connectivity index (χ0n) is 14.1. The molecule has 26 heavy (non-hydrogen) atoms. The SMILES string of the molecule is O=C(COC(=O)CN1C(=O)C2CCCCC2C1=O)Nc1ccc(I)cc1. The third kappa shape index (κ3) is 4.22. The second kappa shape index (κ2) is 8.15. The number of hydrogen-bond donors (Lipinski definition) is 1. The Balaban J connectivity index is 1.48. The van der Waals surface area contributed by atoms with Gasteiger partial charge in [-0.1, -0.05) is 12.8 Å². The van der Waals surface area contributed by atoms with Gasteiger partial charge in [-0.15, -0.1) is 0 Å². The lowest BCUT2D eigenvalue weighted by Gasteiger charge is -2.19. The quantitative estimate of drug-likeness (QED) is 0.404. The number of nitrogens with zero attached hydrogens (tertiary/aromatic N) is 1. The standard InChI is InChI=1S/C18H19IN2O5/c19-11-5-7-12(8-6-11)20-15(22)10-26-16(23)9-21-17(24)13-3-1-2-4-14(13)18(21)25/h5-8,13-14H,1-4,9-10H2,(H,20,22). The van der Waals surface area contributed by atoms with Crippen LogP contribution in [0, 0.1) is 15.4 Å². The number of ether oxygens (including phenoxy) is 1. The number of esters is 1. The molecule has 1 aromatic rings. The van der Waals surface area contributed by atoms with Crippen LogP contribution in [0.2, 0.25) is 0 Å². The first-order valence-electron chi connectivity index (χ1n) is 8.52. The molecule has 138 valence electrons. The van der Waals surface area contributed by atoms with E-state index in [4.69, 9.17) is 4.74 Å². The van der Waals surface area contributed by atoms with Gasteiger partial charge in [-0.2, -0.15) is 0 Å². The van der Waals surface area contributed by atoms with Crippen molar-refractivity contribution < 1.29 is 23.9 Å². The smallest absolute Gasteiger partial charge is 0.326 e. The molecule has 3 amide bonds. The first kappa shape index (κ1) is 18.8. The number of imide groups is 1. The van der Waals surface area contributed by atoms with E-state index in [1.54, 1.807) is 12.1 Å². The Kier molecular flexibility index (Phi) is 5.90. The fourth-order valence-corrected chi connectivity index (χ4v) is 3.80. The molecule has 1 N–H and O–H groups in total. The topological polar surface area (TPSA) is 92.8 Å². The minimum Gasteiger partial charge on any atom is -0.454 e. The summed E-state index contributed by atoms with van der Waals surface area (Å²) in [6.07, 6.45) is 3.24. The van der Waals surface area contributed by atoms with Crippen LogP contribution in [-0.4, -0.2) is 41.7 Å². The van der Waals surface area contributed by atoms with Gasteiger partial charge >= 0.3 is 5.97 Å². The normalized spacial score (nSPS) is 22.1. The molecule has 0 aromatic heterocycles. The van der Waals surface area contributed by atoms with Gasteiger partial charge in [0.05, 0.1) is 11.8 Å². The zero-order valence-corrected chi connectivity index (χ0v) is 16.2. The summed E-state index contributed by atoms with van der Waals surface area (Å²) in [4.78, 5) is 49.4. The highest BCUT2D eigenvalue weighted by molar-refractivity contribution is 14.1. The molecule has 1 saturated carbocycles. The first-order chi connectivity index (χ1) is 12.5. The van der Waals surface area contributed by atoms with E-state index in [1.807, 2.05) is 12.1 Å². The molecule has 0 bridgehead atoms. The van der Waals surface area contributed by atoms with Crippen LogP contribution in [-0.2, 0) is 23.9 Å². The minimum atomic E-state index is -0.761. The Morgan fingerprint density at radius 2 is 1.65 bits per heavy atom. The lowest BCUT2D eigenvalue weighted by atomic mass is 9.81. The maximum Gasteiger partial charge on any atom is 0.326 e. The molecule has 1 saturated heterocycles. The number of amides is 3. The molecule has 7 nitrogen and oxygen atoms in total. The molecule has 2 fully saturated rings. The molecular formula is C18H19IN2O5. The summed E-state index contributed by atoms with van der Waals surface area (Å²) in [6, 6.07) is 7.16. The number of hydrogen-bond acceptors (Lipinski definition) is 5. The van der Waals surface area contributed by atoms with Gasteiger partial charge in [0.1, 0.15) is 6.54 Å². The van der Waals surface area contributed by atoms with Gasteiger partial charge in [-0.25, -0.2) is 0 Å². The average molecular weight is 470 g/mol. The highest BCUT2D eigenvalue weighted by Gasteiger charge is 2.48. The molecule has 2 unspecified atom stereocenters.